The average molecular weight is 345 g/mol. The number of nitrogens with zero attached hydrogens (tertiary/aromatic N) is 1. The second-order valence-electron chi connectivity index (χ2n) is 6.38. The van der Waals surface area contributed by atoms with Crippen LogP contribution in [0.3, 0.4) is 0 Å². The van der Waals surface area contributed by atoms with Crippen molar-refractivity contribution in [3.05, 3.63) is 64.7 Å². The maximum atomic E-state index is 11.9. The molecular weight excluding hydrogens is 324 g/mol. The fourth-order valence-electron chi connectivity index (χ4n) is 2.12. The van der Waals surface area contributed by atoms with Crippen LogP contribution in [-0.2, 0) is 10.2 Å². The SMILES string of the molecule is CC(C)(C)c1ccccc1OCC(=O)N/N=C/c1ccc(Cl)cc1. The average Bonchev–Trinajstić information content (AvgIpc) is 2.54. The Bertz CT molecular complexity index is 719. The fourth-order valence-corrected chi connectivity index (χ4v) is 2.24. The van der Waals surface area contributed by atoms with Crippen molar-refractivity contribution in [2.75, 3.05) is 6.61 Å². The molecule has 4 nitrogen and oxygen atoms in total. The van der Waals surface area contributed by atoms with Gasteiger partial charge in [-0.05, 0) is 34.7 Å². The van der Waals surface area contributed by atoms with Gasteiger partial charge in [0.15, 0.2) is 6.61 Å². The Hall–Kier alpha value is -2.33. The van der Waals surface area contributed by atoms with Crippen molar-refractivity contribution in [2.24, 2.45) is 5.10 Å². The van der Waals surface area contributed by atoms with E-state index in [4.69, 9.17) is 16.3 Å². The van der Waals surface area contributed by atoms with Crippen molar-refractivity contribution in [1.82, 2.24) is 5.43 Å². The molecule has 0 saturated heterocycles. The summed E-state index contributed by atoms with van der Waals surface area (Å²) in [4.78, 5) is 11.9. The van der Waals surface area contributed by atoms with E-state index in [1.165, 1.54) is 0 Å². The molecule has 0 bridgehead atoms. The number of hydrogen-bond acceptors (Lipinski definition) is 3. The third kappa shape index (κ3) is 5.39. The zero-order chi connectivity index (χ0) is 17.6. The van der Waals surface area contributed by atoms with Crippen molar-refractivity contribution < 1.29 is 9.53 Å². The molecule has 24 heavy (non-hydrogen) atoms. The lowest BCUT2D eigenvalue weighted by Crippen LogP contribution is -2.25. The summed E-state index contributed by atoms with van der Waals surface area (Å²) in [5.74, 6) is 0.394. The highest BCUT2D eigenvalue weighted by Gasteiger charge is 2.18. The summed E-state index contributed by atoms with van der Waals surface area (Å²) in [6.45, 7) is 6.22. The molecule has 2 rings (SSSR count). The molecule has 0 unspecified atom stereocenters. The Kier molecular flexibility index (Phi) is 5.99. The number of rotatable bonds is 5. The van der Waals surface area contributed by atoms with E-state index >= 15 is 0 Å². The van der Waals surface area contributed by atoms with Crippen LogP contribution in [0.25, 0.3) is 0 Å². The second-order valence-corrected chi connectivity index (χ2v) is 6.82. The van der Waals surface area contributed by atoms with E-state index in [1.54, 1.807) is 18.3 Å². The van der Waals surface area contributed by atoms with Gasteiger partial charge in [-0.1, -0.05) is 62.7 Å². The highest BCUT2D eigenvalue weighted by Crippen LogP contribution is 2.30. The minimum absolute atomic E-state index is 0.0557. The minimum atomic E-state index is -0.316. The Morgan fingerprint density at radius 2 is 1.83 bits per heavy atom. The van der Waals surface area contributed by atoms with Crippen LogP contribution in [-0.4, -0.2) is 18.7 Å². The molecule has 0 aliphatic heterocycles. The number of carbonyl (C=O) groups is 1. The minimum Gasteiger partial charge on any atom is -0.483 e. The summed E-state index contributed by atoms with van der Waals surface area (Å²) >= 11 is 5.81. The first-order valence-corrected chi connectivity index (χ1v) is 8.04. The topological polar surface area (TPSA) is 50.7 Å². The molecule has 0 saturated carbocycles. The third-order valence-corrected chi connectivity index (χ3v) is 3.58. The van der Waals surface area contributed by atoms with Crippen molar-refractivity contribution in [2.45, 2.75) is 26.2 Å². The zero-order valence-electron chi connectivity index (χ0n) is 14.0. The molecule has 5 heteroatoms. The van der Waals surface area contributed by atoms with Gasteiger partial charge in [-0.25, -0.2) is 5.43 Å². The lowest BCUT2D eigenvalue weighted by molar-refractivity contribution is -0.123. The van der Waals surface area contributed by atoms with Crippen molar-refractivity contribution in [3.8, 4) is 5.75 Å². The molecule has 1 amide bonds. The number of benzene rings is 2. The summed E-state index contributed by atoms with van der Waals surface area (Å²) < 4.78 is 5.64. The number of nitrogens with one attached hydrogen (secondary N) is 1. The largest absolute Gasteiger partial charge is 0.483 e. The number of hydrazone groups is 1. The normalized spacial score (nSPS) is 11.5. The standard InChI is InChI=1S/C19H21ClN2O2/c1-19(2,3)16-6-4-5-7-17(16)24-13-18(23)22-21-12-14-8-10-15(20)11-9-14/h4-12H,13H2,1-3H3,(H,22,23)/b21-12+. The van der Waals surface area contributed by atoms with Crippen LogP contribution in [0.2, 0.25) is 5.02 Å². The second kappa shape index (κ2) is 7.97. The summed E-state index contributed by atoms with van der Waals surface area (Å²) in [6, 6.07) is 14.9. The van der Waals surface area contributed by atoms with Crippen LogP contribution in [0.15, 0.2) is 53.6 Å². The summed E-state index contributed by atoms with van der Waals surface area (Å²) in [5, 5.41) is 4.56. The summed E-state index contributed by atoms with van der Waals surface area (Å²) in [6.07, 6.45) is 1.55. The molecule has 2 aromatic rings. The van der Waals surface area contributed by atoms with Crippen LogP contribution < -0.4 is 10.2 Å². The van der Waals surface area contributed by atoms with Gasteiger partial charge in [0.2, 0.25) is 0 Å². The van der Waals surface area contributed by atoms with Crippen molar-refractivity contribution in [3.63, 3.8) is 0 Å². The molecule has 2 aromatic carbocycles. The molecule has 0 fully saturated rings. The van der Waals surface area contributed by atoms with Gasteiger partial charge in [0.05, 0.1) is 6.21 Å². The number of amides is 1. The molecule has 1 N–H and O–H groups in total. The first-order valence-electron chi connectivity index (χ1n) is 7.66. The predicted octanol–water partition coefficient (Wildman–Crippen LogP) is 4.17. The molecule has 0 aliphatic rings. The molecule has 0 heterocycles. The van der Waals surface area contributed by atoms with Crippen LogP contribution in [0.5, 0.6) is 5.75 Å². The Balaban J connectivity index is 1.89. The molecule has 0 atom stereocenters. The first-order chi connectivity index (χ1) is 11.4. The molecule has 126 valence electrons. The van der Waals surface area contributed by atoms with Gasteiger partial charge in [-0.2, -0.15) is 5.10 Å². The first kappa shape index (κ1) is 18.0. The van der Waals surface area contributed by atoms with E-state index in [2.05, 4.69) is 31.3 Å². The van der Waals surface area contributed by atoms with E-state index in [1.807, 2.05) is 36.4 Å². The number of hydrogen-bond donors (Lipinski definition) is 1. The van der Waals surface area contributed by atoms with E-state index in [0.717, 1.165) is 11.1 Å². The Morgan fingerprint density at radius 3 is 2.50 bits per heavy atom. The van der Waals surface area contributed by atoms with Gasteiger partial charge < -0.3 is 4.74 Å². The van der Waals surface area contributed by atoms with E-state index in [-0.39, 0.29) is 17.9 Å². The maximum absolute atomic E-state index is 11.9. The lowest BCUT2D eigenvalue weighted by atomic mass is 9.86. The Labute approximate surface area is 147 Å². The van der Waals surface area contributed by atoms with Crippen LogP contribution in [0.1, 0.15) is 31.9 Å². The smallest absolute Gasteiger partial charge is 0.277 e. The fraction of sp³-hybridized carbons (Fsp3) is 0.263. The molecule has 0 radical (unpaired) electrons. The molecular formula is C19H21ClN2O2. The zero-order valence-corrected chi connectivity index (χ0v) is 14.8. The number of para-hydroxylation sites is 1. The van der Waals surface area contributed by atoms with Crippen molar-refractivity contribution >= 4 is 23.7 Å². The van der Waals surface area contributed by atoms with Crippen molar-refractivity contribution in [1.29, 1.82) is 0 Å². The third-order valence-electron chi connectivity index (χ3n) is 3.33. The van der Waals surface area contributed by atoms with E-state index in [9.17, 15) is 4.79 Å². The summed E-state index contributed by atoms with van der Waals surface area (Å²) in [5.41, 5.74) is 4.29. The molecule has 0 aromatic heterocycles. The number of carbonyl (C=O) groups excluding carboxylic acids is 1. The van der Waals surface area contributed by atoms with Gasteiger partial charge in [-0.3, -0.25) is 4.79 Å². The van der Waals surface area contributed by atoms with E-state index < -0.39 is 0 Å². The quantitative estimate of drug-likeness (QED) is 0.653. The van der Waals surface area contributed by atoms with Gasteiger partial charge in [-0.15, -0.1) is 0 Å². The van der Waals surface area contributed by atoms with Gasteiger partial charge >= 0.3 is 0 Å². The van der Waals surface area contributed by atoms with Crippen LogP contribution in [0, 0.1) is 0 Å². The monoisotopic (exact) mass is 344 g/mol. The molecule has 0 aliphatic carbocycles. The number of ether oxygens (including phenoxy) is 1. The maximum Gasteiger partial charge on any atom is 0.277 e. The summed E-state index contributed by atoms with van der Waals surface area (Å²) in [7, 11) is 0. The van der Waals surface area contributed by atoms with Gasteiger partial charge in [0, 0.05) is 5.02 Å². The number of halogens is 1. The van der Waals surface area contributed by atoms with Crippen LogP contribution >= 0.6 is 11.6 Å². The van der Waals surface area contributed by atoms with Crippen LogP contribution in [0.4, 0.5) is 0 Å². The highest BCUT2D eigenvalue weighted by molar-refractivity contribution is 6.30. The predicted molar refractivity (Wildman–Crippen MR) is 97.8 cm³/mol. The van der Waals surface area contributed by atoms with E-state index in [0.29, 0.717) is 10.8 Å². The Morgan fingerprint density at radius 1 is 1.17 bits per heavy atom. The van der Waals surface area contributed by atoms with Gasteiger partial charge in [0.25, 0.3) is 5.91 Å². The lowest BCUT2D eigenvalue weighted by Gasteiger charge is -2.22. The van der Waals surface area contributed by atoms with Gasteiger partial charge in [0.1, 0.15) is 5.75 Å². The highest BCUT2D eigenvalue weighted by atomic mass is 35.5. The molecule has 0 spiro atoms.